The molecule has 3 nitrogen and oxygen atoms in total. The van der Waals surface area contributed by atoms with Crippen LogP contribution in [-0.2, 0) is 14.3 Å². The highest BCUT2D eigenvalue weighted by atomic mass is 16.5. The predicted octanol–water partition coefficient (Wildman–Crippen LogP) is 3.75. The van der Waals surface area contributed by atoms with E-state index in [1.54, 1.807) is 6.92 Å². The number of fused-ring (bicyclic) bond motifs is 1. The molecular formula is C16H28O3. The number of carbonyl (C=O) groups is 2. The molecule has 19 heavy (non-hydrogen) atoms. The maximum absolute atomic E-state index is 11.7. The number of Topliss-reactive ketones (excluding diaryl/α,β-unsaturated/α-hetero) is 1. The van der Waals surface area contributed by atoms with Gasteiger partial charge in [-0.25, -0.2) is 0 Å². The Bertz CT molecular complexity index is 337. The highest BCUT2D eigenvalue weighted by molar-refractivity contribution is 5.79. The monoisotopic (exact) mass is 268 g/mol. The summed E-state index contributed by atoms with van der Waals surface area (Å²) in [5.74, 6) is 0.670. The summed E-state index contributed by atoms with van der Waals surface area (Å²) in [6, 6.07) is 0. The lowest BCUT2D eigenvalue weighted by molar-refractivity contribution is -0.155. The molecule has 0 radical (unpaired) electrons. The molecule has 0 spiro atoms. The number of ketones is 1. The summed E-state index contributed by atoms with van der Waals surface area (Å²) in [5, 5.41) is 0. The van der Waals surface area contributed by atoms with E-state index in [1.165, 1.54) is 6.92 Å². The second kappa shape index (κ2) is 6.53. The molecule has 0 heterocycles. The van der Waals surface area contributed by atoms with Crippen LogP contribution < -0.4 is 0 Å². The van der Waals surface area contributed by atoms with E-state index in [0.717, 1.165) is 32.1 Å². The van der Waals surface area contributed by atoms with E-state index in [2.05, 4.69) is 6.92 Å². The standard InChI is InChI=1S/C14H22O3.C2H6/c1-9(15)11-6-7-12-13(17-10(2)16)5-4-8-14(11,12)3;1-2/h11-13H,4-8H2,1-3H3;1-2H3. The summed E-state index contributed by atoms with van der Waals surface area (Å²) in [4.78, 5) is 22.9. The Labute approximate surface area is 117 Å². The normalized spacial score (nSPS) is 36.8. The summed E-state index contributed by atoms with van der Waals surface area (Å²) in [6.07, 6.45) is 5.15. The second-order valence-corrected chi connectivity index (χ2v) is 5.89. The summed E-state index contributed by atoms with van der Waals surface area (Å²) in [7, 11) is 0. The molecular weight excluding hydrogens is 240 g/mol. The largest absolute Gasteiger partial charge is 0.462 e. The summed E-state index contributed by atoms with van der Waals surface area (Å²) < 4.78 is 5.45. The smallest absolute Gasteiger partial charge is 0.302 e. The average Bonchev–Trinajstić information content (AvgIpc) is 2.69. The Kier molecular flexibility index (Phi) is 5.57. The van der Waals surface area contributed by atoms with Crippen LogP contribution >= 0.6 is 0 Å². The predicted molar refractivity (Wildman–Crippen MR) is 75.8 cm³/mol. The molecule has 2 fully saturated rings. The van der Waals surface area contributed by atoms with Crippen molar-refractivity contribution in [3.63, 3.8) is 0 Å². The number of ether oxygens (including phenoxy) is 1. The first-order valence-corrected chi connectivity index (χ1v) is 7.63. The van der Waals surface area contributed by atoms with Gasteiger partial charge in [-0.05, 0) is 44.4 Å². The van der Waals surface area contributed by atoms with Crippen LogP contribution in [0.3, 0.4) is 0 Å². The van der Waals surface area contributed by atoms with Crippen molar-refractivity contribution in [2.24, 2.45) is 17.3 Å². The van der Waals surface area contributed by atoms with Gasteiger partial charge in [-0.15, -0.1) is 0 Å². The molecule has 110 valence electrons. The topological polar surface area (TPSA) is 43.4 Å². The van der Waals surface area contributed by atoms with E-state index in [4.69, 9.17) is 4.74 Å². The Balaban J connectivity index is 0.000000861. The molecule has 0 aliphatic heterocycles. The fraction of sp³-hybridized carbons (Fsp3) is 0.875. The Hall–Kier alpha value is -0.860. The highest BCUT2D eigenvalue weighted by Crippen LogP contribution is 2.56. The maximum atomic E-state index is 11.7. The average molecular weight is 268 g/mol. The Morgan fingerprint density at radius 3 is 2.26 bits per heavy atom. The van der Waals surface area contributed by atoms with Crippen LogP contribution in [0.1, 0.15) is 66.7 Å². The van der Waals surface area contributed by atoms with E-state index < -0.39 is 0 Å². The summed E-state index contributed by atoms with van der Waals surface area (Å²) in [6.45, 7) is 9.39. The number of rotatable bonds is 2. The Morgan fingerprint density at radius 2 is 1.74 bits per heavy atom. The van der Waals surface area contributed by atoms with E-state index >= 15 is 0 Å². The van der Waals surface area contributed by atoms with Crippen molar-refractivity contribution in [2.45, 2.75) is 72.8 Å². The summed E-state index contributed by atoms with van der Waals surface area (Å²) >= 11 is 0. The van der Waals surface area contributed by atoms with Crippen molar-refractivity contribution >= 4 is 11.8 Å². The van der Waals surface area contributed by atoms with Crippen molar-refractivity contribution < 1.29 is 14.3 Å². The van der Waals surface area contributed by atoms with Crippen LogP contribution in [0.5, 0.6) is 0 Å². The highest BCUT2D eigenvalue weighted by Gasteiger charge is 2.53. The van der Waals surface area contributed by atoms with Crippen molar-refractivity contribution in [1.82, 2.24) is 0 Å². The van der Waals surface area contributed by atoms with Gasteiger partial charge in [0, 0.05) is 18.8 Å². The minimum absolute atomic E-state index is 0.0376. The van der Waals surface area contributed by atoms with E-state index in [0.29, 0.717) is 11.7 Å². The number of hydrogen-bond donors (Lipinski definition) is 0. The lowest BCUT2D eigenvalue weighted by Crippen LogP contribution is -2.43. The molecule has 0 saturated heterocycles. The number of carbonyl (C=O) groups excluding carboxylic acids is 2. The van der Waals surface area contributed by atoms with E-state index in [9.17, 15) is 9.59 Å². The molecule has 4 atom stereocenters. The molecule has 0 amide bonds. The van der Waals surface area contributed by atoms with Crippen molar-refractivity contribution in [3.05, 3.63) is 0 Å². The third-order valence-corrected chi connectivity index (χ3v) is 4.87. The first-order chi connectivity index (χ1) is 8.95. The molecule has 0 aromatic carbocycles. The number of hydrogen-bond acceptors (Lipinski definition) is 3. The molecule has 4 unspecified atom stereocenters. The van der Waals surface area contributed by atoms with Gasteiger partial charge in [0.2, 0.25) is 0 Å². The zero-order chi connectivity index (χ0) is 14.6. The summed E-state index contributed by atoms with van der Waals surface area (Å²) in [5.41, 5.74) is 0.0597. The van der Waals surface area contributed by atoms with Gasteiger partial charge in [-0.1, -0.05) is 20.8 Å². The van der Waals surface area contributed by atoms with Crippen LogP contribution in [0.15, 0.2) is 0 Å². The second-order valence-electron chi connectivity index (χ2n) is 5.89. The first-order valence-electron chi connectivity index (χ1n) is 7.63. The van der Waals surface area contributed by atoms with Crippen LogP contribution in [0.4, 0.5) is 0 Å². The van der Waals surface area contributed by atoms with Gasteiger partial charge < -0.3 is 4.74 Å². The lowest BCUT2D eigenvalue weighted by atomic mass is 9.63. The van der Waals surface area contributed by atoms with Crippen LogP contribution in [0, 0.1) is 17.3 Å². The first kappa shape index (κ1) is 16.2. The lowest BCUT2D eigenvalue weighted by Gasteiger charge is -2.43. The Morgan fingerprint density at radius 1 is 1.11 bits per heavy atom. The molecule has 2 rings (SSSR count). The van der Waals surface area contributed by atoms with E-state index in [-0.39, 0.29) is 23.4 Å². The van der Waals surface area contributed by atoms with E-state index in [1.807, 2.05) is 13.8 Å². The molecule has 0 bridgehead atoms. The minimum Gasteiger partial charge on any atom is -0.462 e. The van der Waals surface area contributed by atoms with Crippen molar-refractivity contribution in [2.75, 3.05) is 0 Å². The third-order valence-electron chi connectivity index (χ3n) is 4.87. The maximum Gasteiger partial charge on any atom is 0.302 e. The third kappa shape index (κ3) is 3.18. The van der Waals surface area contributed by atoms with Gasteiger partial charge in [0.15, 0.2) is 0 Å². The van der Waals surface area contributed by atoms with Crippen LogP contribution in [0.2, 0.25) is 0 Å². The quantitative estimate of drug-likeness (QED) is 0.716. The number of esters is 1. The van der Waals surface area contributed by atoms with Gasteiger partial charge in [0.25, 0.3) is 0 Å². The van der Waals surface area contributed by atoms with Gasteiger partial charge in [-0.2, -0.15) is 0 Å². The van der Waals surface area contributed by atoms with Gasteiger partial charge in [0.05, 0.1) is 0 Å². The fourth-order valence-electron chi connectivity index (χ4n) is 4.14. The van der Waals surface area contributed by atoms with Crippen molar-refractivity contribution in [1.29, 1.82) is 0 Å². The van der Waals surface area contributed by atoms with Crippen LogP contribution in [-0.4, -0.2) is 17.9 Å². The molecule has 2 aliphatic rings. The molecule has 2 saturated carbocycles. The molecule has 0 N–H and O–H groups in total. The molecule has 0 aromatic rings. The zero-order valence-electron chi connectivity index (χ0n) is 13.0. The van der Waals surface area contributed by atoms with Crippen molar-refractivity contribution in [3.8, 4) is 0 Å². The van der Waals surface area contributed by atoms with Crippen LogP contribution in [0.25, 0.3) is 0 Å². The zero-order valence-corrected chi connectivity index (χ0v) is 13.0. The molecule has 3 heteroatoms. The SMILES string of the molecule is CC.CC(=O)OC1CCCC2(C)C(C(C)=O)CCC12. The van der Waals surface area contributed by atoms with Gasteiger partial charge in [-0.3, -0.25) is 9.59 Å². The minimum atomic E-state index is -0.189. The van der Waals surface area contributed by atoms with Gasteiger partial charge >= 0.3 is 5.97 Å². The molecule has 0 aromatic heterocycles. The molecule has 2 aliphatic carbocycles. The van der Waals surface area contributed by atoms with Gasteiger partial charge in [0.1, 0.15) is 11.9 Å². The fourth-order valence-corrected chi connectivity index (χ4v) is 4.14.